The Balaban J connectivity index is 1.69. The molecule has 0 bridgehead atoms. The maximum Gasteiger partial charge on any atom is 0.416 e. The van der Waals surface area contributed by atoms with E-state index in [2.05, 4.69) is 27.4 Å². The highest BCUT2D eigenvalue weighted by molar-refractivity contribution is 6.09. The Bertz CT molecular complexity index is 906. The van der Waals surface area contributed by atoms with Crippen LogP contribution in [0.1, 0.15) is 28.4 Å². The van der Waals surface area contributed by atoms with Crippen molar-refractivity contribution in [2.24, 2.45) is 4.99 Å². The minimum absolute atomic E-state index is 0.113. The van der Waals surface area contributed by atoms with Gasteiger partial charge in [-0.05, 0) is 48.4 Å². The molecule has 2 N–H and O–H groups in total. The molecule has 0 aliphatic carbocycles. The molecule has 0 spiro atoms. The number of ether oxygens (including phenoxy) is 1. The van der Waals surface area contributed by atoms with Gasteiger partial charge < -0.3 is 10.1 Å². The summed E-state index contributed by atoms with van der Waals surface area (Å²) in [4.78, 5) is 19.3. The highest BCUT2D eigenvalue weighted by Gasteiger charge is 2.30. The number of hydrogen-bond donors (Lipinski definition) is 2. The molecule has 172 valence electrons. The lowest BCUT2D eigenvalue weighted by atomic mass is 10.1. The van der Waals surface area contributed by atoms with E-state index in [1.807, 2.05) is 24.3 Å². The molecule has 9 heteroatoms. The molecule has 1 saturated heterocycles. The lowest BCUT2D eigenvalue weighted by Gasteiger charge is -2.25. The molecule has 0 radical (unpaired) electrons. The lowest BCUT2D eigenvalue weighted by Crippen LogP contribution is -2.39. The molecular weight excluding hydrogens is 421 g/mol. The largest absolute Gasteiger partial charge is 0.416 e. The number of carbonyl (C=O) groups is 1. The maximum absolute atomic E-state index is 12.8. The SMILES string of the molecule is CCc1ccc(NC(=NCCN2CCOCC2)NC(=O)c2ccc(C(F)(F)F)cc2)cc1. The van der Waals surface area contributed by atoms with E-state index in [0.717, 1.165) is 49.5 Å². The van der Waals surface area contributed by atoms with Crippen LogP contribution in [0.2, 0.25) is 0 Å². The standard InChI is InChI=1S/C23H27F3N4O2/c1-2-17-3-9-20(10-4-17)28-22(27-11-12-30-13-15-32-16-14-30)29-21(31)18-5-7-19(8-6-18)23(24,25)26/h3-10H,2,11-16H2,1H3,(H2,27,28,29,31). The van der Waals surface area contributed by atoms with Crippen molar-refractivity contribution >= 4 is 17.6 Å². The topological polar surface area (TPSA) is 66.0 Å². The molecule has 3 rings (SSSR count). The number of hydrogen-bond acceptors (Lipinski definition) is 4. The minimum atomic E-state index is -4.45. The zero-order valence-corrected chi connectivity index (χ0v) is 17.9. The van der Waals surface area contributed by atoms with Crippen molar-refractivity contribution < 1.29 is 22.7 Å². The molecule has 0 aromatic heterocycles. The molecule has 1 aliphatic rings. The smallest absolute Gasteiger partial charge is 0.379 e. The van der Waals surface area contributed by atoms with E-state index in [1.54, 1.807) is 0 Å². The molecule has 32 heavy (non-hydrogen) atoms. The van der Waals surface area contributed by atoms with E-state index in [-0.39, 0.29) is 11.5 Å². The second-order valence-corrected chi connectivity index (χ2v) is 7.39. The van der Waals surface area contributed by atoms with Crippen LogP contribution in [0.25, 0.3) is 0 Å². The van der Waals surface area contributed by atoms with E-state index in [4.69, 9.17) is 4.74 Å². The van der Waals surface area contributed by atoms with Gasteiger partial charge in [0, 0.05) is 30.9 Å². The van der Waals surface area contributed by atoms with E-state index in [9.17, 15) is 18.0 Å². The number of nitrogens with zero attached hydrogens (tertiary/aromatic N) is 2. The van der Waals surface area contributed by atoms with Crippen molar-refractivity contribution in [2.45, 2.75) is 19.5 Å². The first-order valence-electron chi connectivity index (χ1n) is 10.5. The zero-order chi connectivity index (χ0) is 23.0. The van der Waals surface area contributed by atoms with Gasteiger partial charge in [0.2, 0.25) is 5.96 Å². The number of aliphatic imine (C=N–C) groups is 1. The highest BCUT2D eigenvalue weighted by atomic mass is 19.4. The first-order chi connectivity index (χ1) is 15.3. The number of morpholine rings is 1. The fourth-order valence-corrected chi connectivity index (χ4v) is 3.19. The summed E-state index contributed by atoms with van der Waals surface area (Å²) >= 11 is 0. The number of amides is 1. The normalized spacial score (nSPS) is 15.4. The van der Waals surface area contributed by atoms with Gasteiger partial charge in [-0.15, -0.1) is 0 Å². The van der Waals surface area contributed by atoms with Crippen molar-refractivity contribution in [3.05, 3.63) is 65.2 Å². The quantitative estimate of drug-likeness (QED) is 0.521. The van der Waals surface area contributed by atoms with Gasteiger partial charge in [0.15, 0.2) is 0 Å². The van der Waals surface area contributed by atoms with Gasteiger partial charge in [-0.2, -0.15) is 13.2 Å². The summed E-state index contributed by atoms with van der Waals surface area (Å²) in [5.74, 6) is -0.297. The van der Waals surface area contributed by atoms with Gasteiger partial charge in [-0.3, -0.25) is 20.0 Å². The number of aryl methyl sites for hydroxylation is 1. The third-order valence-electron chi connectivity index (χ3n) is 5.12. The van der Waals surface area contributed by atoms with Crippen LogP contribution in [0.4, 0.5) is 18.9 Å². The Morgan fingerprint density at radius 2 is 1.72 bits per heavy atom. The van der Waals surface area contributed by atoms with Crippen molar-refractivity contribution in [3.63, 3.8) is 0 Å². The van der Waals surface area contributed by atoms with Crippen LogP contribution in [0.5, 0.6) is 0 Å². The van der Waals surface area contributed by atoms with Crippen molar-refractivity contribution in [1.82, 2.24) is 10.2 Å². The molecule has 1 amide bonds. The summed E-state index contributed by atoms with van der Waals surface area (Å²) in [6.07, 6.45) is -3.54. The van der Waals surface area contributed by atoms with Gasteiger partial charge in [-0.25, -0.2) is 0 Å². The Labute approximate surface area is 185 Å². The lowest BCUT2D eigenvalue weighted by molar-refractivity contribution is -0.137. The van der Waals surface area contributed by atoms with Crippen LogP contribution in [-0.2, 0) is 17.3 Å². The number of carbonyl (C=O) groups excluding carboxylic acids is 1. The number of anilines is 1. The second kappa shape index (κ2) is 11.1. The molecule has 0 saturated carbocycles. The van der Waals surface area contributed by atoms with Crippen LogP contribution in [-0.4, -0.2) is 56.2 Å². The van der Waals surface area contributed by atoms with Crippen LogP contribution in [0, 0.1) is 0 Å². The highest BCUT2D eigenvalue weighted by Crippen LogP contribution is 2.29. The first-order valence-corrected chi connectivity index (χ1v) is 10.5. The van der Waals surface area contributed by atoms with Gasteiger partial charge in [-0.1, -0.05) is 19.1 Å². The summed E-state index contributed by atoms with van der Waals surface area (Å²) in [5, 5.41) is 5.78. The summed E-state index contributed by atoms with van der Waals surface area (Å²) in [7, 11) is 0. The van der Waals surface area contributed by atoms with Crippen molar-refractivity contribution in [2.75, 3.05) is 44.7 Å². The van der Waals surface area contributed by atoms with Crippen LogP contribution < -0.4 is 10.6 Å². The third kappa shape index (κ3) is 7.06. The Hall–Kier alpha value is -2.91. The molecule has 2 aromatic rings. The number of guanidine groups is 1. The summed E-state index contributed by atoms with van der Waals surface area (Å²) in [5.41, 5.74) is 1.24. The van der Waals surface area contributed by atoms with Crippen molar-refractivity contribution in [3.8, 4) is 0 Å². The van der Waals surface area contributed by atoms with Gasteiger partial charge >= 0.3 is 6.18 Å². The number of halogens is 3. The molecule has 6 nitrogen and oxygen atoms in total. The fraction of sp³-hybridized carbons (Fsp3) is 0.391. The zero-order valence-electron chi connectivity index (χ0n) is 17.9. The number of nitrogens with one attached hydrogen (secondary N) is 2. The summed E-state index contributed by atoms with van der Waals surface area (Å²) < 4.78 is 43.7. The van der Waals surface area contributed by atoms with E-state index < -0.39 is 17.6 Å². The summed E-state index contributed by atoms with van der Waals surface area (Å²) in [6, 6.07) is 11.8. The molecule has 0 unspecified atom stereocenters. The van der Waals surface area contributed by atoms with Crippen LogP contribution in [0.15, 0.2) is 53.5 Å². The van der Waals surface area contributed by atoms with Crippen molar-refractivity contribution in [1.29, 1.82) is 0 Å². The molecular formula is C23H27F3N4O2. The Morgan fingerprint density at radius 3 is 2.31 bits per heavy atom. The average molecular weight is 448 g/mol. The molecule has 1 aliphatic heterocycles. The first kappa shape index (κ1) is 23.7. The van der Waals surface area contributed by atoms with Gasteiger partial charge in [0.05, 0.1) is 25.3 Å². The van der Waals surface area contributed by atoms with E-state index in [1.165, 1.54) is 5.56 Å². The van der Waals surface area contributed by atoms with E-state index >= 15 is 0 Å². The third-order valence-corrected chi connectivity index (χ3v) is 5.12. The number of benzene rings is 2. The molecule has 1 fully saturated rings. The number of rotatable bonds is 6. The predicted octanol–water partition coefficient (Wildman–Crippen LogP) is 3.80. The maximum atomic E-state index is 12.8. The van der Waals surface area contributed by atoms with Crippen LogP contribution >= 0.6 is 0 Å². The predicted molar refractivity (Wildman–Crippen MR) is 118 cm³/mol. The molecule has 1 heterocycles. The monoisotopic (exact) mass is 448 g/mol. The number of alkyl halides is 3. The Kier molecular flexibility index (Phi) is 8.24. The minimum Gasteiger partial charge on any atom is -0.379 e. The van der Waals surface area contributed by atoms with Gasteiger partial charge in [0.25, 0.3) is 5.91 Å². The molecule has 2 aromatic carbocycles. The average Bonchev–Trinajstić information content (AvgIpc) is 2.79. The van der Waals surface area contributed by atoms with Crippen LogP contribution in [0.3, 0.4) is 0 Å². The van der Waals surface area contributed by atoms with E-state index in [0.29, 0.717) is 26.3 Å². The fourth-order valence-electron chi connectivity index (χ4n) is 3.19. The Morgan fingerprint density at radius 1 is 1.06 bits per heavy atom. The second-order valence-electron chi connectivity index (χ2n) is 7.39. The van der Waals surface area contributed by atoms with Gasteiger partial charge in [0.1, 0.15) is 0 Å². The summed E-state index contributed by atoms with van der Waals surface area (Å²) in [6.45, 7) is 6.24. The molecule has 0 atom stereocenters.